The van der Waals surface area contributed by atoms with Gasteiger partial charge in [0.15, 0.2) is 0 Å². The van der Waals surface area contributed by atoms with Crippen molar-refractivity contribution in [1.29, 1.82) is 0 Å². The molecule has 2 atom stereocenters. The third-order valence-corrected chi connectivity index (χ3v) is 6.11. The molecule has 2 unspecified atom stereocenters. The molecular weight excluding hydrogens is 475 g/mol. The zero-order valence-corrected chi connectivity index (χ0v) is 22.3. The Bertz CT molecular complexity index is 1310. The first-order valence-electron chi connectivity index (χ1n) is 12.7. The molecule has 1 aliphatic carbocycles. The SMILES string of the molecule is CC(C)(C)OC(=O)NC1CCCC(c2cc3c(-c4cccc(F)n4)ccnc3n2C(=O)OC(C)(C)C)C1. The lowest BCUT2D eigenvalue weighted by Gasteiger charge is -2.31. The third kappa shape index (κ3) is 6.45. The second-order valence-corrected chi connectivity index (χ2v) is 11.5. The molecule has 0 radical (unpaired) electrons. The fourth-order valence-electron chi connectivity index (χ4n) is 4.76. The van der Waals surface area contributed by atoms with Crippen molar-refractivity contribution in [2.24, 2.45) is 0 Å². The molecule has 0 spiro atoms. The Morgan fingerprint density at radius 2 is 1.78 bits per heavy atom. The Labute approximate surface area is 216 Å². The van der Waals surface area contributed by atoms with Crippen molar-refractivity contribution in [2.75, 3.05) is 0 Å². The van der Waals surface area contributed by atoms with Crippen molar-refractivity contribution in [2.45, 2.75) is 90.4 Å². The predicted octanol–water partition coefficient (Wildman–Crippen LogP) is 6.57. The highest BCUT2D eigenvalue weighted by atomic mass is 19.1. The smallest absolute Gasteiger partial charge is 0.420 e. The summed E-state index contributed by atoms with van der Waals surface area (Å²) in [4.78, 5) is 34.4. The van der Waals surface area contributed by atoms with Gasteiger partial charge in [-0.2, -0.15) is 4.39 Å². The lowest BCUT2D eigenvalue weighted by atomic mass is 9.83. The number of pyridine rings is 2. The molecule has 1 saturated carbocycles. The van der Waals surface area contributed by atoms with E-state index in [1.807, 2.05) is 47.6 Å². The number of hydrogen-bond donors (Lipinski definition) is 1. The molecule has 37 heavy (non-hydrogen) atoms. The van der Waals surface area contributed by atoms with Crippen LogP contribution in [0, 0.1) is 5.95 Å². The van der Waals surface area contributed by atoms with Gasteiger partial charge in [-0.3, -0.25) is 0 Å². The van der Waals surface area contributed by atoms with Crippen molar-refractivity contribution >= 4 is 23.2 Å². The summed E-state index contributed by atoms with van der Waals surface area (Å²) in [6.07, 6.45) is 3.75. The Morgan fingerprint density at radius 1 is 1.05 bits per heavy atom. The summed E-state index contributed by atoms with van der Waals surface area (Å²) in [5.74, 6) is -0.624. The number of amides is 1. The van der Waals surface area contributed by atoms with Gasteiger partial charge in [0.2, 0.25) is 5.95 Å². The van der Waals surface area contributed by atoms with Gasteiger partial charge < -0.3 is 14.8 Å². The van der Waals surface area contributed by atoms with Crippen molar-refractivity contribution in [3.63, 3.8) is 0 Å². The number of nitrogens with one attached hydrogen (secondary N) is 1. The van der Waals surface area contributed by atoms with Crippen LogP contribution in [0.3, 0.4) is 0 Å². The maximum absolute atomic E-state index is 13.9. The van der Waals surface area contributed by atoms with E-state index in [-0.39, 0.29) is 12.0 Å². The Morgan fingerprint density at radius 3 is 2.46 bits per heavy atom. The normalized spacial score (nSPS) is 18.5. The maximum Gasteiger partial charge on any atom is 0.420 e. The maximum atomic E-state index is 13.9. The molecule has 0 saturated heterocycles. The molecule has 9 heteroatoms. The van der Waals surface area contributed by atoms with E-state index in [4.69, 9.17) is 9.47 Å². The van der Waals surface area contributed by atoms with Crippen LogP contribution in [0.2, 0.25) is 0 Å². The second-order valence-electron chi connectivity index (χ2n) is 11.5. The molecule has 1 aliphatic rings. The molecular formula is C28H35FN4O4. The first kappa shape index (κ1) is 26.6. The summed E-state index contributed by atoms with van der Waals surface area (Å²) in [6, 6.07) is 8.21. The van der Waals surface area contributed by atoms with E-state index >= 15 is 0 Å². The van der Waals surface area contributed by atoms with E-state index in [2.05, 4.69) is 15.3 Å². The van der Waals surface area contributed by atoms with Gasteiger partial charge in [-0.25, -0.2) is 24.1 Å². The number of alkyl carbamates (subject to hydrolysis) is 1. The Kier molecular flexibility index (Phi) is 7.26. The number of carbonyl (C=O) groups is 2. The van der Waals surface area contributed by atoms with Crippen molar-refractivity contribution in [1.82, 2.24) is 19.9 Å². The van der Waals surface area contributed by atoms with Crippen LogP contribution in [0.25, 0.3) is 22.3 Å². The molecule has 1 amide bonds. The van der Waals surface area contributed by atoms with Crippen molar-refractivity contribution in [3.8, 4) is 11.3 Å². The molecule has 198 valence electrons. The van der Waals surface area contributed by atoms with Crippen LogP contribution in [0.5, 0.6) is 0 Å². The standard InChI is InChI=1S/C28H35FN4O4/c1-27(2,3)36-25(34)31-18-10-7-9-17(15-18)22-16-20-19(21-11-8-12-23(29)32-21)13-14-30-24(20)33(22)26(35)37-28(4,5)6/h8,11-14,16-18H,7,9-10,15H2,1-6H3,(H,31,34). The van der Waals surface area contributed by atoms with Crippen LogP contribution in [0.15, 0.2) is 36.5 Å². The molecule has 3 heterocycles. The molecule has 0 bridgehead atoms. The molecule has 8 nitrogen and oxygen atoms in total. The Hall–Kier alpha value is -3.49. The lowest BCUT2D eigenvalue weighted by Crippen LogP contribution is -2.41. The highest BCUT2D eigenvalue weighted by Crippen LogP contribution is 2.38. The largest absolute Gasteiger partial charge is 0.444 e. The minimum Gasteiger partial charge on any atom is -0.444 e. The van der Waals surface area contributed by atoms with Crippen molar-refractivity contribution < 1.29 is 23.5 Å². The zero-order valence-electron chi connectivity index (χ0n) is 22.3. The summed E-state index contributed by atoms with van der Waals surface area (Å²) >= 11 is 0. The summed E-state index contributed by atoms with van der Waals surface area (Å²) < 4.78 is 26.7. The molecule has 0 aliphatic heterocycles. The van der Waals surface area contributed by atoms with Gasteiger partial charge in [-0.05, 0) is 85.1 Å². The second kappa shape index (κ2) is 10.1. The average molecular weight is 511 g/mol. The van der Waals surface area contributed by atoms with Gasteiger partial charge in [0.05, 0.1) is 5.69 Å². The zero-order chi connectivity index (χ0) is 27.0. The number of carbonyl (C=O) groups excluding carboxylic acids is 2. The number of nitrogens with zero attached hydrogens (tertiary/aromatic N) is 3. The number of ether oxygens (including phenoxy) is 2. The average Bonchev–Trinajstić information content (AvgIpc) is 3.17. The van der Waals surface area contributed by atoms with Gasteiger partial charge in [-0.15, -0.1) is 0 Å². The van der Waals surface area contributed by atoms with Crippen LogP contribution < -0.4 is 5.32 Å². The van der Waals surface area contributed by atoms with Gasteiger partial charge in [0.25, 0.3) is 0 Å². The van der Waals surface area contributed by atoms with E-state index in [0.717, 1.165) is 25.0 Å². The predicted molar refractivity (Wildman–Crippen MR) is 139 cm³/mol. The minimum absolute atomic E-state index is 0.0382. The summed E-state index contributed by atoms with van der Waals surface area (Å²) in [6.45, 7) is 10.9. The van der Waals surface area contributed by atoms with E-state index < -0.39 is 29.3 Å². The highest BCUT2D eigenvalue weighted by molar-refractivity contribution is 5.97. The fraction of sp³-hybridized carbons (Fsp3) is 0.500. The van der Waals surface area contributed by atoms with Gasteiger partial charge in [0.1, 0.15) is 16.8 Å². The molecule has 1 N–H and O–H groups in total. The van der Waals surface area contributed by atoms with E-state index in [0.29, 0.717) is 28.7 Å². The van der Waals surface area contributed by atoms with Gasteiger partial charge >= 0.3 is 12.2 Å². The molecule has 4 rings (SSSR count). The van der Waals surface area contributed by atoms with E-state index in [9.17, 15) is 14.0 Å². The molecule has 3 aromatic heterocycles. The van der Waals surface area contributed by atoms with Crippen LogP contribution in [-0.2, 0) is 9.47 Å². The molecule has 3 aromatic rings. The van der Waals surface area contributed by atoms with E-state index in [1.54, 1.807) is 24.4 Å². The molecule has 1 fully saturated rings. The summed E-state index contributed by atoms with van der Waals surface area (Å²) in [5.41, 5.74) is 1.00. The number of rotatable bonds is 3. The summed E-state index contributed by atoms with van der Waals surface area (Å²) in [5, 5.41) is 3.67. The van der Waals surface area contributed by atoms with Crippen LogP contribution in [0.1, 0.15) is 78.8 Å². The van der Waals surface area contributed by atoms with Crippen LogP contribution in [0.4, 0.5) is 14.0 Å². The number of hydrogen-bond acceptors (Lipinski definition) is 6. The first-order valence-corrected chi connectivity index (χ1v) is 12.7. The number of halogens is 1. The summed E-state index contributed by atoms with van der Waals surface area (Å²) in [7, 11) is 0. The highest BCUT2D eigenvalue weighted by Gasteiger charge is 2.32. The van der Waals surface area contributed by atoms with Crippen molar-refractivity contribution in [3.05, 3.63) is 48.2 Å². The minimum atomic E-state index is -0.708. The fourth-order valence-corrected chi connectivity index (χ4v) is 4.76. The topological polar surface area (TPSA) is 95.3 Å². The number of aromatic nitrogens is 3. The molecule has 0 aromatic carbocycles. The van der Waals surface area contributed by atoms with Crippen LogP contribution in [-0.4, -0.2) is 44.0 Å². The van der Waals surface area contributed by atoms with Crippen LogP contribution >= 0.6 is 0 Å². The lowest BCUT2D eigenvalue weighted by molar-refractivity contribution is 0.0480. The first-order chi connectivity index (χ1) is 17.3. The van der Waals surface area contributed by atoms with E-state index in [1.165, 1.54) is 10.6 Å². The van der Waals surface area contributed by atoms with Gasteiger partial charge in [0, 0.05) is 34.8 Å². The Balaban J connectivity index is 1.75. The quantitative estimate of drug-likeness (QED) is 0.400. The monoisotopic (exact) mass is 510 g/mol. The number of fused-ring (bicyclic) bond motifs is 1. The third-order valence-electron chi connectivity index (χ3n) is 6.11. The van der Waals surface area contributed by atoms with Gasteiger partial charge in [-0.1, -0.05) is 12.5 Å².